The molecule has 0 bridgehead atoms. The van der Waals surface area contributed by atoms with Gasteiger partial charge in [0.25, 0.3) is 0 Å². The highest BCUT2D eigenvalue weighted by atomic mass is 19.1. The number of rotatable bonds is 7. The lowest BCUT2D eigenvalue weighted by Gasteiger charge is -2.18. The largest absolute Gasteiger partial charge is 0.496 e. The van der Waals surface area contributed by atoms with E-state index in [0.29, 0.717) is 11.3 Å². The smallest absolute Gasteiger partial charge is 0.131 e. The molecule has 0 amide bonds. The number of aromatic nitrogens is 2. The van der Waals surface area contributed by atoms with Crippen LogP contribution in [0.2, 0.25) is 0 Å². The van der Waals surface area contributed by atoms with E-state index in [1.807, 2.05) is 20.0 Å². The van der Waals surface area contributed by atoms with Crippen LogP contribution >= 0.6 is 0 Å². The molecule has 0 radical (unpaired) electrons. The molecular weight excluding hydrogens is 269 g/mol. The van der Waals surface area contributed by atoms with Crippen LogP contribution in [0.3, 0.4) is 0 Å². The number of ether oxygens (including phenoxy) is 1. The topological polar surface area (TPSA) is 49.9 Å². The molecule has 1 heterocycles. The van der Waals surface area contributed by atoms with Crippen LogP contribution in [-0.2, 0) is 6.42 Å². The first kappa shape index (κ1) is 15.5. The second-order valence-electron chi connectivity index (χ2n) is 5.16. The van der Waals surface area contributed by atoms with Crippen LogP contribution in [0.4, 0.5) is 4.39 Å². The summed E-state index contributed by atoms with van der Waals surface area (Å²) in [5, 5.41) is 10.3. The van der Waals surface area contributed by atoms with E-state index in [9.17, 15) is 4.39 Å². The Morgan fingerprint density at radius 3 is 2.90 bits per heavy atom. The molecule has 0 aliphatic rings. The average Bonchev–Trinajstić information content (AvgIpc) is 2.88. The lowest BCUT2D eigenvalue weighted by Crippen LogP contribution is -2.21. The maximum Gasteiger partial charge on any atom is 0.131 e. The predicted molar refractivity (Wildman–Crippen MR) is 81.0 cm³/mol. The number of nitrogens with one attached hydrogen (secondary N) is 2. The number of aromatic amines is 1. The van der Waals surface area contributed by atoms with Crippen molar-refractivity contribution in [3.05, 3.63) is 47.0 Å². The third-order valence-electron chi connectivity index (χ3n) is 3.67. The summed E-state index contributed by atoms with van der Waals surface area (Å²) in [4.78, 5) is 0. The lowest BCUT2D eigenvalue weighted by molar-refractivity contribution is 0.393. The number of hydrogen-bond acceptors (Lipinski definition) is 3. The Kier molecular flexibility index (Phi) is 5.33. The molecule has 0 saturated carbocycles. The Balaban J connectivity index is 1.87. The predicted octanol–water partition coefficient (Wildman–Crippen LogP) is 3.15. The van der Waals surface area contributed by atoms with E-state index in [-0.39, 0.29) is 11.9 Å². The second-order valence-corrected chi connectivity index (χ2v) is 5.16. The van der Waals surface area contributed by atoms with Crippen molar-refractivity contribution < 1.29 is 9.13 Å². The molecule has 1 unspecified atom stereocenters. The van der Waals surface area contributed by atoms with E-state index >= 15 is 0 Å². The molecule has 0 saturated heterocycles. The molecule has 0 spiro atoms. The van der Waals surface area contributed by atoms with E-state index in [1.165, 1.54) is 11.6 Å². The molecule has 21 heavy (non-hydrogen) atoms. The molecule has 0 fully saturated rings. The third-order valence-corrected chi connectivity index (χ3v) is 3.67. The molecule has 0 aliphatic carbocycles. The highest BCUT2D eigenvalue weighted by Crippen LogP contribution is 2.27. The molecule has 5 heteroatoms. The zero-order valence-electron chi connectivity index (χ0n) is 12.7. The number of halogens is 1. The fourth-order valence-corrected chi connectivity index (χ4v) is 2.44. The zero-order valence-corrected chi connectivity index (χ0v) is 12.7. The van der Waals surface area contributed by atoms with Gasteiger partial charge in [-0.1, -0.05) is 6.07 Å². The highest BCUT2D eigenvalue weighted by molar-refractivity contribution is 5.36. The maximum absolute atomic E-state index is 13.9. The van der Waals surface area contributed by atoms with Crippen LogP contribution in [0.1, 0.15) is 36.2 Å². The summed E-state index contributed by atoms with van der Waals surface area (Å²) in [5.41, 5.74) is 2.92. The van der Waals surface area contributed by atoms with E-state index in [4.69, 9.17) is 4.74 Å². The number of nitrogens with zero attached hydrogens (tertiary/aromatic N) is 1. The van der Waals surface area contributed by atoms with Crippen LogP contribution in [0, 0.1) is 12.7 Å². The fourth-order valence-electron chi connectivity index (χ4n) is 2.44. The first-order valence-corrected chi connectivity index (χ1v) is 7.18. The molecule has 1 aromatic heterocycles. The van der Waals surface area contributed by atoms with Gasteiger partial charge in [-0.2, -0.15) is 5.10 Å². The van der Waals surface area contributed by atoms with E-state index in [0.717, 1.165) is 25.1 Å². The molecule has 2 aromatic rings. The van der Waals surface area contributed by atoms with Crippen LogP contribution in [0.25, 0.3) is 0 Å². The molecule has 1 aromatic carbocycles. The summed E-state index contributed by atoms with van der Waals surface area (Å²) in [7, 11) is 1.56. The van der Waals surface area contributed by atoms with E-state index in [2.05, 4.69) is 15.5 Å². The number of hydrogen-bond donors (Lipinski definition) is 2. The van der Waals surface area contributed by atoms with Crippen molar-refractivity contribution in [2.75, 3.05) is 13.7 Å². The number of benzene rings is 1. The van der Waals surface area contributed by atoms with Gasteiger partial charge in [-0.15, -0.1) is 0 Å². The maximum atomic E-state index is 13.9. The number of H-pyrrole nitrogens is 1. The Hall–Kier alpha value is -1.88. The molecule has 114 valence electrons. The molecule has 0 aliphatic heterocycles. The Morgan fingerprint density at radius 1 is 1.43 bits per heavy atom. The average molecular weight is 291 g/mol. The zero-order chi connectivity index (χ0) is 15.2. The lowest BCUT2D eigenvalue weighted by atomic mass is 10.1. The summed E-state index contributed by atoms with van der Waals surface area (Å²) >= 11 is 0. The molecule has 2 rings (SSSR count). The van der Waals surface area contributed by atoms with Gasteiger partial charge >= 0.3 is 0 Å². The second kappa shape index (κ2) is 7.22. The quantitative estimate of drug-likeness (QED) is 0.770. The van der Waals surface area contributed by atoms with Gasteiger partial charge in [-0.3, -0.25) is 5.10 Å². The summed E-state index contributed by atoms with van der Waals surface area (Å²) < 4.78 is 19.2. The molecule has 2 N–H and O–H groups in total. The normalized spacial score (nSPS) is 12.4. The van der Waals surface area contributed by atoms with Gasteiger partial charge in [-0.25, -0.2) is 4.39 Å². The first-order valence-electron chi connectivity index (χ1n) is 7.18. The SMILES string of the molecule is COc1cccc(F)c1C(C)NCCCc1cn[nH]c1C. The van der Waals surface area contributed by atoms with Gasteiger partial charge in [0.2, 0.25) is 0 Å². The van der Waals surface area contributed by atoms with Gasteiger partial charge < -0.3 is 10.1 Å². The summed E-state index contributed by atoms with van der Waals surface area (Å²) in [6.07, 6.45) is 3.79. The fraction of sp³-hybridized carbons (Fsp3) is 0.438. The Bertz CT molecular complexity index is 583. The van der Waals surface area contributed by atoms with Crippen molar-refractivity contribution in [2.24, 2.45) is 0 Å². The van der Waals surface area contributed by atoms with Crippen LogP contribution < -0.4 is 10.1 Å². The minimum absolute atomic E-state index is 0.0911. The Morgan fingerprint density at radius 2 is 2.24 bits per heavy atom. The van der Waals surface area contributed by atoms with Crippen molar-refractivity contribution in [1.29, 1.82) is 0 Å². The first-order chi connectivity index (χ1) is 10.1. The van der Waals surface area contributed by atoms with Crippen molar-refractivity contribution in [2.45, 2.75) is 32.7 Å². The van der Waals surface area contributed by atoms with Gasteiger partial charge in [0.1, 0.15) is 11.6 Å². The molecule has 1 atom stereocenters. The summed E-state index contributed by atoms with van der Waals surface area (Å²) in [6, 6.07) is 4.81. The van der Waals surface area contributed by atoms with Gasteiger partial charge in [0, 0.05) is 17.3 Å². The van der Waals surface area contributed by atoms with Crippen molar-refractivity contribution in [3.63, 3.8) is 0 Å². The number of methoxy groups -OCH3 is 1. The third kappa shape index (κ3) is 3.82. The minimum atomic E-state index is -0.236. The van der Waals surface area contributed by atoms with Gasteiger partial charge in [0.05, 0.1) is 13.3 Å². The van der Waals surface area contributed by atoms with Gasteiger partial charge in [-0.05, 0) is 50.9 Å². The van der Waals surface area contributed by atoms with Gasteiger partial charge in [0.15, 0.2) is 0 Å². The monoisotopic (exact) mass is 291 g/mol. The standard InChI is InChI=1S/C16H22FN3O/c1-11-13(10-19-20-11)6-5-9-18-12(2)16-14(17)7-4-8-15(16)21-3/h4,7-8,10,12,18H,5-6,9H2,1-3H3,(H,19,20). The van der Waals surface area contributed by atoms with Crippen LogP contribution in [0.5, 0.6) is 5.75 Å². The van der Waals surface area contributed by atoms with Crippen molar-refractivity contribution in [3.8, 4) is 5.75 Å². The molecule has 4 nitrogen and oxygen atoms in total. The summed E-state index contributed by atoms with van der Waals surface area (Å²) in [6.45, 7) is 4.77. The van der Waals surface area contributed by atoms with Crippen LogP contribution in [-0.4, -0.2) is 23.9 Å². The minimum Gasteiger partial charge on any atom is -0.496 e. The highest BCUT2D eigenvalue weighted by Gasteiger charge is 2.15. The number of aryl methyl sites for hydroxylation is 2. The van der Waals surface area contributed by atoms with Crippen molar-refractivity contribution in [1.82, 2.24) is 15.5 Å². The van der Waals surface area contributed by atoms with Crippen molar-refractivity contribution >= 4 is 0 Å². The van der Waals surface area contributed by atoms with E-state index < -0.39 is 0 Å². The summed E-state index contributed by atoms with van der Waals surface area (Å²) in [5.74, 6) is 0.348. The Labute approximate surface area is 124 Å². The van der Waals surface area contributed by atoms with E-state index in [1.54, 1.807) is 19.2 Å². The van der Waals surface area contributed by atoms with Crippen LogP contribution in [0.15, 0.2) is 24.4 Å². The molecular formula is C16H22FN3O.